The van der Waals surface area contributed by atoms with Crippen LogP contribution < -0.4 is 20.7 Å². The summed E-state index contributed by atoms with van der Waals surface area (Å²) in [5.41, 5.74) is 1.63. The van der Waals surface area contributed by atoms with E-state index in [2.05, 4.69) is 52.1 Å². The van der Waals surface area contributed by atoms with Gasteiger partial charge in [0.05, 0.1) is 12.7 Å². The third-order valence-corrected chi connectivity index (χ3v) is 7.09. The molecule has 3 rings (SSSR count). The third kappa shape index (κ3) is 7.48. The standard InChI is InChI=1S/C29H39N5O2/c1-3-4-5-11-20-31-28(33-22-30)34-24-16-18-29(19-17-24,23-12-7-6-8-13-23)21-32-27(35)25-14-9-10-15-26(25)36-2/h6-10,12-15,24H,3-5,11,16-21H2,1-2H3,(H,32,35)(H2,31,33,34)/t24-,29+. The van der Waals surface area contributed by atoms with Gasteiger partial charge in [0, 0.05) is 24.5 Å². The van der Waals surface area contributed by atoms with Crippen LogP contribution in [0.4, 0.5) is 0 Å². The van der Waals surface area contributed by atoms with Gasteiger partial charge in [-0.05, 0) is 49.8 Å². The molecular formula is C29H39N5O2. The lowest BCUT2D eigenvalue weighted by atomic mass is 9.68. The van der Waals surface area contributed by atoms with Gasteiger partial charge in [0.2, 0.25) is 12.2 Å². The van der Waals surface area contributed by atoms with Crippen molar-refractivity contribution in [2.75, 3.05) is 20.2 Å². The normalized spacial score (nSPS) is 19.7. The van der Waals surface area contributed by atoms with E-state index in [9.17, 15) is 4.79 Å². The quantitative estimate of drug-likeness (QED) is 0.180. The molecule has 0 bridgehead atoms. The van der Waals surface area contributed by atoms with Gasteiger partial charge in [-0.25, -0.2) is 0 Å². The van der Waals surface area contributed by atoms with Crippen LogP contribution in [0.5, 0.6) is 5.75 Å². The molecule has 2 aromatic carbocycles. The van der Waals surface area contributed by atoms with Crippen molar-refractivity contribution in [1.82, 2.24) is 16.0 Å². The molecule has 1 fully saturated rings. The highest BCUT2D eigenvalue weighted by Gasteiger charge is 2.37. The van der Waals surface area contributed by atoms with Gasteiger partial charge in [-0.2, -0.15) is 5.26 Å². The summed E-state index contributed by atoms with van der Waals surface area (Å²) in [6, 6.07) is 18.0. The van der Waals surface area contributed by atoms with Gasteiger partial charge in [0.1, 0.15) is 5.75 Å². The molecule has 0 spiro atoms. The van der Waals surface area contributed by atoms with Crippen LogP contribution in [0, 0.1) is 11.5 Å². The molecule has 1 saturated carbocycles. The molecule has 1 amide bonds. The lowest BCUT2D eigenvalue weighted by molar-refractivity contribution is 0.0932. The molecule has 3 N–H and O–H groups in total. The number of ether oxygens (including phenoxy) is 1. The van der Waals surface area contributed by atoms with E-state index in [-0.39, 0.29) is 17.4 Å². The molecule has 0 heterocycles. The Kier molecular flexibility index (Phi) is 10.6. The number of hydrogen-bond donors (Lipinski definition) is 3. The number of nitriles is 1. The number of guanidine groups is 1. The van der Waals surface area contributed by atoms with E-state index in [1.165, 1.54) is 24.8 Å². The zero-order valence-electron chi connectivity index (χ0n) is 21.6. The number of aliphatic imine (C=N–C) groups is 1. The first-order chi connectivity index (χ1) is 17.6. The average molecular weight is 490 g/mol. The van der Waals surface area contributed by atoms with Crippen LogP contribution in [-0.2, 0) is 5.41 Å². The van der Waals surface area contributed by atoms with Gasteiger partial charge < -0.3 is 20.7 Å². The number of carbonyl (C=O) groups excluding carboxylic acids is 1. The monoisotopic (exact) mass is 489 g/mol. The number of unbranched alkanes of at least 4 members (excludes halogenated alkanes) is 3. The molecule has 1 aliphatic rings. The minimum absolute atomic E-state index is 0.126. The second-order valence-electron chi connectivity index (χ2n) is 9.50. The highest BCUT2D eigenvalue weighted by molar-refractivity contribution is 5.97. The molecule has 0 saturated heterocycles. The SMILES string of the molecule is CCCCCCN/C(=N/C#N)N[C@H]1CC[C@@](CNC(=O)c2ccccc2OC)(c2ccccc2)CC1. The first-order valence-corrected chi connectivity index (χ1v) is 13.1. The minimum atomic E-state index is -0.156. The molecule has 0 radical (unpaired) electrons. The summed E-state index contributed by atoms with van der Waals surface area (Å²) >= 11 is 0. The Morgan fingerprint density at radius 3 is 2.47 bits per heavy atom. The highest BCUT2D eigenvalue weighted by atomic mass is 16.5. The van der Waals surface area contributed by atoms with Crippen LogP contribution in [0.1, 0.15) is 74.2 Å². The lowest BCUT2D eigenvalue weighted by Crippen LogP contribution is -2.49. The Labute approximate surface area is 215 Å². The third-order valence-electron chi connectivity index (χ3n) is 7.09. The Hall–Kier alpha value is -3.53. The van der Waals surface area contributed by atoms with Crippen LogP contribution in [0.15, 0.2) is 59.6 Å². The van der Waals surface area contributed by atoms with Crippen LogP contribution in [0.25, 0.3) is 0 Å². The molecule has 0 unspecified atom stereocenters. The number of carbonyl (C=O) groups is 1. The summed E-state index contributed by atoms with van der Waals surface area (Å²) in [7, 11) is 1.58. The average Bonchev–Trinajstić information content (AvgIpc) is 2.93. The van der Waals surface area contributed by atoms with Crippen molar-refractivity contribution in [2.45, 2.75) is 69.7 Å². The topological polar surface area (TPSA) is 98.5 Å². The second-order valence-corrected chi connectivity index (χ2v) is 9.50. The summed E-state index contributed by atoms with van der Waals surface area (Å²) in [6.07, 6.45) is 10.2. The lowest BCUT2D eigenvalue weighted by Gasteiger charge is -2.41. The Morgan fingerprint density at radius 1 is 1.06 bits per heavy atom. The summed E-state index contributed by atoms with van der Waals surface area (Å²) in [6.45, 7) is 3.55. The van der Waals surface area contributed by atoms with E-state index < -0.39 is 0 Å². The molecule has 0 aliphatic heterocycles. The van der Waals surface area contributed by atoms with Gasteiger partial charge in [0.15, 0.2) is 0 Å². The number of amides is 1. The molecule has 1 aliphatic carbocycles. The first kappa shape index (κ1) is 27.1. The van der Waals surface area contributed by atoms with Crippen LogP contribution in [-0.4, -0.2) is 38.1 Å². The number of para-hydroxylation sites is 1. The fourth-order valence-corrected chi connectivity index (χ4v) is 4.98. The summed E-state index contributed by atoms with van der Waals surface area (Å²) in [5.74, 6) is 1.01. The molecule has 0 aromatic heterocycles. The van der Waals surface area contributed by atoms with Crippen molar-refractivity contribution in [3.05, 3.63) is 65.7 Å². The van der Waals surface area contributed by atoms with E-state index in [1.807, 2.05) is 24.4 Å². The van der Waals surface area contributed by atoms with E-state index in [1.54, 1.807) is 19.2 Å². The molecule has 7 heteroatoms. The number of nitrogens with one attached hydrogen (secondary N) is 3. The minimum Gasteiger partial charge on any atom is -0.496 e. The fraction of sp³-hybridized carbons (Fsp3) is 0.483. The maximum atomic E-state index is 13.0. The van der Waals surface area contributed by atoms with Crippen LogP contribution >= 0.6 is 0 Å². The van der Waals surface area contributed by atoms with Crippen molar-refractivity contribution in [3.8, 4) is 11.9 Å². The van der Waals surface area contributed by atoms with Crippen molar-refractivity contribution in [2.24, 2.45) is 4.99 Å². The predicted octanol–water partition coefficient (Wildman–Crippen LogP) is 4.90. The first-order valence-electron chi connectivity index (χ1n) is 13.1. The molecule has 7 nitrogen and oxygen atoms in total. The zero-order chi connectivity index (χ0) is 25.6. The van der Waals surface area contributed by atoms with E-state index >= 15 is 0 Å². The van der Waals surface area contributed by atoms with E-state index in [4.69, 9.17) is 10.00 Å². The van der Waals surface area contributed by atoms with Gasteiger partial charge >= 0.3 is 0 Å². The molecule has 192 valence electrons. The Balaban J connectivity index is 1.64. The summed E-state index contributed by atoms with van der Waals surface area (Å²) < 4.78 is 5.38. The van der Waals surface area contributed by atoms with Crippen molar-refractivity contribution in [3.63, 3.8) is 0 Å². The van der Waals surface area contributed by atoms with Crippen molar-refractivity contribution >= 4 is 11.9 Å². The maximum Gasteiger partial charge on any atom is 0.255 e. The molecule has 36 heavy (non-hydrogen) atoms. The Bertz CT molecular complexity index is 1020. The van der Waals surface area contributed by atoms with Gasteiger partial charge in [0.25, 0.3) is 5.91 Å². The summed E-state index contributed by atoms with van der Waals surface area (Å²) in [4.78, 5) is 17.0. The van der Waals surface area contributed by atoms with Crippen molar-refractivity contribution in [1.29, 1.82) is 5.26 Å². The maximum absolute atomic E-state index is 13.0. The number of rotatable bonds is 11. The Morgan fingerprint density at radius 2 is 1.78 bits per heavy atom. The van der Waals surface area contributed by atoms with Crippen LogP contribution in [0.2, 0.25) is 0 Å². The number of hydrogen-bond acceptors (Lipinski definition) is 4. The smallest absolute Gasteiger partial charge is 0.255 e. The van der Waals surface area contributed by atoms with Crippen LogP contribution in [0.3, 0.4) is 0 Å². The highest BCUT2D eigenvalue weighted by Crippen LogP contribution is 2.39. The number of methoxy groups -OCH3 is 1. The second kappa shape index (κ2) is 14.1. The van der Waals surface area contributed by atoms with E-state index in [0.717, 1.165) is 38.6 Å². The van der Waals surface area contributed by atoms with Gasteiger partial charge in [-0.1, -0.05) is 68.7 Å². The van der Waals surface area contributed by atoms with Crippen molar-refractivity contribution < 1.29 is 9.53 Å². The van der Waals surface area contributed by atoms with E-state index in [0.29, 0.717) is 23.8 Å². The number of benzene rings is 2. The van der Waals surface area contributed by atoms with Gasteiger partial charge in [-0.3, -0.25) is 4.79 Å². The predicted molar refractivity (Wildman–Crippen MR) is 144 cm³/mol. The molecule has 2 aromatic rings. The largest absolute Gasteiger partial charge is 0.496 e. The molecular weight excluding hydrogens is 450 g/mol. The van der Waals surface area contributed by atoms with Gasteiger partial charge in [-0.15, -0.1) is 4.99 Å². The summed E-state index contributed by atoms with van der Waals surface area (Å²) in [5, 5.41) is 19.1. The zero-order valence-corrected chi connectivity index (χ0v) is 21.6. The number of nitrogens with zero attached hydrogens (tertiary/aromatic N) is 2. The fourth-order valence-electron chi connectivity index (χ4n) is 4.98. The molecule has 0 atom stereocenters.